The number of carbonyl (C=O) groups is 2. The van der Waals surface area contributed by atoms with Crippen molar-refractivity contribution in [3.63, 3.8) is 0 Å². The van der Waals surface area contributed by atoms with Crippen molar-refractivity contribution >= 4 is 11.8 Å². The van der Waals surface area contributed by atoms with Gasteiger partial charge in [0.05, 0.1) is 0 Å². The smallest absolute Gasteiger partial charge is 0.370 e. The maximum absolute atomic E-state index is 11.8. The van der Waals surface area contributed by atoms with E-state index in [1.807, 2.05) is 0 Å². The molecule has 0 aromatic rings. The predicted molar refractivity (Wildman–Crippen MR) is 39.9 cm³/mol. The van der Waals surface area contributed by atoms with E-state index in [0.717, 1.165) is 0 Å². The van der Waals surface area contributed by atoms with Gasteiger partial charge >= 0.3 is 12.1 Å². The van der Waals surface area contributed by atoms with Crippen LogP contribution in [-0.4, -0.2) is 36.0 Å². The lowest BCUT2D eigenvalue weighted by atomic mass is 9.96. The Morgan fingerprint density at radius 3 is 2.21 bits per heavy atom. The second kappa shape index (κ2) is 3.47. The van der Waals surface area contributed by atoms with Gasteiger partial charge in [-0.25, -0.2) is 0 Å². The molecule has 14 heavy (non-hydrogen) atoms. The summed E-state index contributed by atoms with van der Waals surface area (Å²) in [5.74, 6) is -2.63. The van der Waals surface area contributed by atoms with Gasteiger partial charge in [-0.1, -0.05) is 0 Å². The minimum absolute atomic E-state index is 0.0294. The van der Waals surface area contributed by atoms with Crippen LogP contribution in [-0.2, 0) is 9.59 Å². The summed E-state index contributed by atoms with van der Waals surface area (Å²) in [7, 11) is 0. The van der Waals surface area contributed by atoms with Gasteiger partial charge in [0.15, 0.2) is 0 Å². The van der Waals surface area contributed by atoms with Gasteiger partial charge in [-0.05, 0) is 0 Å². The Kier molecular flexibility index (Phi) is 2.68. The van der Waals surface area contributed by atoms with E-state index < -0.39 is 18.0 Å². The molecule has 0 bridgehead atoms. The lowest BCUT2D eigenvalue weighted by Gasteiger charge is -2.38. The molecule has 0 aliphatic carbocycles. The molecule has 0 atom stereocenters. The van der Waals surface area contributed by atoms with E-state index in [-0.39, 0.29) is 25.4 Å². The molecule has 0 aromatic carbocycles. The number of likely N-dealkylation sites (tertiary alicyclic amines) is 1. The van der Waals surface area contributed by atoms with Crippen molar-refractivity contribution < 1.29 is 22.8 Å². The van der Waals surface area contributed by atoms with Gasteiger partial charge in [0.25, 0.3) is 0 Å². The number of amides is 2. The Hall–Kier alpha value is -1.27. The molecule has 1 rings (SSSR count). The third kappa shape index (κ3) is 2.36. The largest absolute Gasteiger partial charge is 0.471 e. The number of nitrogens with zero attached hydrogens (tertiary/aromatic N) is 1. The van der Waals surface area contributed by atoms with Crippen LogP contribution in [0.5, 0.6) is 0 Å². The summed E-state index contributed by atoms with van der Waals surface area (Å²) in [5.41, 5.74) is 4.85. The molecule has 0 aromatic heterocycles. The van der Waals surface area contributed by atoms with Gasteiger partial charge in [0, 0.05) is 25.4 Å². The van der Waals surface area contributed by atoms with Gasteiger partial charge < -0.3 is 10.6 Å². The molecule has 0 radical (unpaired) electrons. The van der Waals surface area contributed by atoms with Crippen molar-refractivity contribution in [2.45, 2.75) is 12.6 Å². The Bertz CT molecular complexity index is 258. The maximum Gasteiger partial charge on any atom is 0.471 e. The topological polar surface area (TPSA) is 63.4 Å². The minimum atomic E-state index is -4.82. The third-order valence-electron chi connectivity index (χ3n) is 1.98. The van der Waals surface area contributed by atoms with E-state index in [2.05, 4.69) is 0 Å². The van der Waals surface area contributed by atoms with Gasteiger partial charge in [0.2, 0.25) is 5.91 Å². The molecule has 1 aliphatic heterocycles. The highest BCUT2D eigenvalue weighted by Gasteiger charge is 2.46. The molecule has 2 N–H and O–H groups in total. The Balaban J connectivity index is 2.35. The van der Waals surface area contributed by atoms with Crippen LogP contribution in [0.4, 0.5) is 13.2 Å². The lowest BCUT2D eigenvalue weighted by molar-refractivity contribution is -0.191. The summed E-state index contributed by atoms with van der Waals surface area (Å²) in [6.07, 6.45) is -4.79. The number of hydrogen-bond acceptors (Lipinski definition) is 2. The first-order valence-corrected chi connectivity index (χ1v) is 3.95. The fraction of sp³-hybridized carbons (Fsp3) is 0.714. The van der Waals surface area contributed by atoms with Crippen LogP contribution in [0.1, 0.15) is 6.42 Å². The Labute approximate surface area is 77.8 Å². The van der Waals surface area contributed by atoms with Crippen molar-refractivity contribution in [3.05, 3.63) is 0 Å². The molecule has 1 heterocycles. The standard InChI is InChI=1S/C7H9F3N2O2/c8-7(9,10)6(14)12-2-4(3-12)1-5(11)13/h4H,1-3H2,(H2,11,13). The van der Waals surface area contributed by atoms with E-state index in [1.165, 1.54) is 0 Å². The molecule has 1 fully saturated rings. The quantitative estimate of drug-likeness (QED) is 0.690. The number of halogens is 3. The van der Waals surface area contributed by atoms with Crippen LogP contribution in [0.15, 0.2) is 0 Å². The molecule has 0 unspecified atom stereocenters. The zero-order chi connectivity index (χ0) is 10.9. The zero-order valence-electron chi connectivity index (χ0n) is 7.17. The number of hydrogen-bond donors (Lipinski definition) is 1. The van der Waals surface area contributed by atoms with E-state index in [1.54, 1.807) is 0 Å². The molecule has 0 saturated carbocycles. The van der Waals surface area contributed by atoms with Crippen molar-refractivity contribution in [2.75, 3.05) is 13.1 Å². The molecule has 7 heteroatoms. The summed E-state index contributed by atoms with van der Waals surface area (Å²) in [5, 5.41) is 0. The van der Waals surface area contributed by atoms with E-state index in [4.69, 9.17) is 5.73 Å². The van der Waals surface area contributed by atoms with E-state index >= 15 is 0 Å². The minimum Gasteiger partial charge on any atom is -0.370 e. The number of rotatable bonds is 2. The lowest BCUT2D eigenvalue weighted by Crippen LogP contribution is -2.55. The summed E-state index contributed by atoms with van der Waals surface area (Å²) >= 11 is 0. The zero-order valence-corrected chi connectivity index (χ0v) is 7.17. The van der Waals surface area contributed by atoms with Gasteiger partial charge in [-0.15, -0.1) is 0 Å². The molecule has 1 saturated heterocycles. The van der Waals surface area contributed by atoms with Crippen LogP contribution in [0.3, 0.4) is 0 Å². The molecular weight excluding hydrogens is 201 g/mol. The Morgan fingerprint density at radius 1 is 1.36 bits per heavy atom. The first-order chi connectivity index (χ1) is 6.30. The average Bonchev–Trinajstić information content (AvgIpc) is 1.92. The highest BCUT2D eigenvalue weighted by atomic mass is 19.4. The fourth-order valence-corrected chi connectivity index (χ4v) is 1.33. The van der Waals surface area contributed by atoms with Crippen molar-refractivity contribution in [1.29, 1.82) is 0 Å². The molecule has 80 valence electrons. The van der Waals surface area contributed by atoms with Gasteiger partial charge in [-0.2, -0.15) is 13.2 Å². The number of alkyl halides is 3. The molecule has 2 amide bonds. The van der Waals surface area contributed by atoms with Crippen LogP contribution in [0.25, 0.3) is 0 Å². The van der Waals surface area contributed by atoms with Crippen LogP contribution >= 0.6 is 0 Å². The van der Waals surface area contributed by atoms with Gasteiger partial charge in [0.1, 0.15) is 0 Å². The normalized spacial score (nSPS) is 17.8. The van der Waals surface area contributed by atoms with Gasteiger partial charge in [-0.3, -0.25) is 9.59 Å². The molecule has 0 spiro atoms. The van der Waals surface area contributed by atoms with Crippen molar-refractivity contribution in [1.82, 2.24) is 4.90 Å². The maximum atomic E-state index is 11.8. The molecule has 1 aliphatic rings. The summed E-state index contributed by atoms with van der Waals surface area (Å²) in [4.78, 5) is 21.6. The first kappa shape index (κ1) is 10.8. The van der Waals surface area contributed by atoms with E-state index in [9.17, 15) is 22.8 Å². The van der Waals surface area contributed by atoms with Crippen LogP contribution in [0, 0.1) is 5.92 Å². The number of carbonyl (C=O) groups excluding carboxylic acids is 2. The first-order valence-electron chi connectivity index (χ1n) is 3.95. The summed E-state index contributed by atoms with van der Waals surface area (Å²) < 4.78 is 35.5. The second-order valence-electron chi connectivity index (χ2n) is 3.24. The fourth-order valence-electron chi connectivity index (χ4n) is 1.33. The molecular formula is C7H9F3N2O2. The van der Waals surface area contributed by atoms with Crippen LogP contribution < -0.4 is 5.73 Å². The highest BCUT2D eigenvalue weighted by Crippen LogP contribution is 2.25. The van der Waals surface area contributed by atoms with Crippen molar-refractivity contribution in [3.8, 4) is 0 Å². The predicted octanol–water partition coefficient (Wildman–Crippen LogP) is -0.118. The Morgan fingerprint density at radius 2 is 1.86 bits per heavy atom. The average molecular weight is 210 g/mol. The SMILES string of the molecule is NC(=O)CC1CN(C(=O)C(F)(F)F)C1. The third-order valence-corrected chi connectivity index (χ3v) is 1.98. The monoisotopic (exact) mass is 210 g/mol. The number of primary amides is 1. The summed E-state index contributed by atoms with van der Waals surface area (Å²) in [6.45, 7) is -0.0808. The summed E-state index contributed by atoms with van der Waals surface area (Å²) in [6, 6.07) is 0. The second-order valence-corrected chi connectivity index (χ2v) is 3.24. The molecule has 4 nitrogen and oxygen atoms in total. The highest BCUT2D eigenvalue weighted by molar-refractivity contribution is 5.83. The van der Waals surface area contributed by atoms with E-state index in [0.29, 0.717) is 4.90 Å². The van der Waals surface area contributed by atoms with Crippen LogP contribution in [0.2, 0.25) is 0 Å². The number of nitrogens with two attached hydrogens (primary N) is 1. The van der Waals surface area contributed by atoms with Crippen molar-refractivity contribution in [2.24, 2.45) is 11.7 Å².